The average molecular weight is 395 g/mol. The van der Waals surface area contributed by atoms with E-state index in [0.717, 1.165) is 23.4 Å². The van der Waals surface area contributed by atoms with Crippen LogP contribution in [0.25, 0.3) is 0 Å². The van der Waals surface area contributed by atoms with Gasteiger partial charge in [-0.3, -0.25) is 34.3 Å². The van der Waals surface area contributed by atoms with E-state index >= 15 is 0 Å². The average Bonchev–Trinajstić information content (AvgIpc) is 2.93. The number of carbonyl (C=O) groups excluding carboxylic acids is 4. The lowest BCUT2D eigenvalue weighted by atomic mass is 9.91. The Balaban J connectivity index is 1.54. The Hall–Kier alpha value is -3.09. The van der Waals surface area contributed by atoms with Crippen molar-refractivity contribution >= 4 is 23.6 Å². The van der Waals surface area contributed by atoms with E-state index in [0.29, 0.717) is 19.5 Å². The second kappa shape index (κ2) is 7.06. The zero-order valence-corrected chi connectivity index (χ0v) is 15.8. The quantitative estimate of drug-likeness (QED) is 0.682. The zero-order valence-electron chi connectivity index (χ0n) is 15.8. The van der Waals surface area contributed by atoms with E-state index in [1.807, 2.05) is 0 Å². The molecule has 9 heteroatoms. The number of hydrogen-bond donors (Lipinski definition) is 2. The maximum absolute atomic E-state index is 12.9. The number of piperidine rings is 2. The summed E-state index contributed by atoms with van der Waals surface area (Å²) in [6.07, 6.45) is 1.68. The fourth-order valence-electron chi connectivity index (χ4n) is 4.28. The second-order valence-corrected chi connectivity index (χ2v) is 7.91. The fourth-order valence-corrected chi connectivity index (χ4v) is 4.28. The molecule has 29 heavy (non-hydrogen) atoms. The highest BCUT2D eigenvalue weighted by molar-refractivity contribution is 6.23. The lowest BCUT2D eigenvalue weighted by molar-refractivity contribution is -0.136. The molecule has 0 aliphatic carbocycles. The molecule has 3 aliphatic heterocycles. The number of imide groups is 2. The Bertz CT molecular complexity index is 968. The maximum atomic E-state index is 12.9. The zero-order chi connectivity index (χ0) is 20.8. The Kier molecular flexibility index (Phi) is 4.68. The van der Waals surface area contributed by atoms with Gasteiger partial charge in [-0.25, -0.2) is 0 Å². The first kappa shape index (κ1) is 19.2. The number of likely N-dealkylation sites (tertiary alicyclic amines) is 1. The number of nitrogens with one attached hydrogen (secondary N) is 1. The molecule has 3 N–H and O–H groups in total. The largest absolute Gasteiger partial charge is 0.312 e. The molecule has 2 saturated heterocycles. The molecule has 0 spiro atoms. The topological polar surface area (TPSA) is 137 Å². The molecular formula is C20H21N5O4. The number of benzene rings is 1. The molecule has 4 amide bonds. The second-order valence-electron chi connectivity index (χ2n) is 7.91. The summed E-state index contributed by atoms with van der Waals surface area (Å²) < 4.78 is 0. The molecule has 1 aromatic rings. The van der Waals surface area contributed by atoms with Crippen LogP contribution in [0, 0.1) is 11.3 Å². The molecule has 0 aromatic heterocycles. The van der Waals surface area contributed by atoms with Crippen molar-refractivity contribution in [2.45, 2.75) is 43.8 Å². The van der Waals surface area contributed by atoms with Crippen molar-refractivity contribution in [3.63, 3.8) is 0 Å². The number of nitrogens with zero attached hydrogens (tertiary/aromatic N) is 3. The van der Waals surface area contributed by atoms with Crippen LogP contribution in [-0.4, -0.2) is 58.1 Å². The third-order valence-corrected chi connectivity index (χ3v) is 5.74. The Morgan fingerprint density at radius 3 is 2.69 bits per heavy atom. The summed E-state index contributed by atoms with van der Waals surface area (Å²) in [6, 6.07) is 6.24. The highest BCUT2D eigenvalue weighted by Gasteiger charge is 2.44. The van der Waals surface area contributed by atoms with Gasteiger partial charge in [-0.15, -0.1) is 0 Å². The van der Waals surface area contributed by atoms with Crippen molar-refractivity contribution in [2.75, 3.05) is 13.1 Å². The SMILES string of the molecule is N#CC1(N)CCCN(Cc2ccc3c(c2)C(=O)N(C2CCC(=O)NC2=O)C3=O)C1. The third kappa shape index (κ3) is 3.41. The molecule has 1 aromatic carbocycles. The van der Waals surface area contributed by atoms with Gasteiger partial charge in [0.15, 0.2) is 0 Å². The van der Waals surface area contributed by atoms with Crippen LogP contribution in [0.3, 0.4) is 0 Å². The van der Waals surface area contributed by atoms with Crippen molar-refractivity contribution in [1.29, 1.82) is 5.26 Å². The van der Waals surface area contributed by atoms with Gasteiger partial charge in [0, 0.05) is 19.5 Å². The van der Waals surface area contributed by atoms with Gasteiger partial charge in [0.05, 0.1) is 17.2 Å². The molecule has 0 saturated carbocycles. The highest BCUT2D eigenvalue weighted by atomic mass is 16.2. The number of fused-ring (bicyclic) bond motifs is 1. The predicted molar refractivity (Wildman–Crippen MR) is 100 cm³/mol. The summed E-state index contributed by atoms with van der Waals surface area (Å²) in [4.78, 5) is 52.1. The summed E-state index contributed by atoms with van der Waals surface area (Å²) in [5.41, 5.74) is 6.56. The van der Waals surface area contributed by atoms with Gasteiger partial charge in [-0.1, -0.05) is 6.07 Å². The van der Waals surface area contributed by atoms with Crippen molar-refractivity contribution in [2.24, 2.45) is 5.73 Å². The van der Waals surface area contributed by atoms with Crippen LogP contribution < -0.4 is 11.1 Å². The minimum atomic E-state index is -0.973. The lowest BCUT2D eigenvalue weighted by Gasteiger charge is -2.35. The van der Waals surface area contributed by atoms with E-state index in [1.165, 1.54) is 0 Å². The standard InChI is InChI=1S/C20H21N5O4/c21-10-20(22)6-1-7-24(11-20)9-12-2-3-13-14(8-12)19(29)25(18(13)28)15-4-5-16(26)23-17(15)27/h2-3,8,15H,1,4-7,9,11,22H2,(H,23,26,27). The van der Waals surface area contributed by atoms with Crippen LogP contribution >= 0.6 is 0 Å². The number of amides is 4. The van der Waals surface area contributed by atoms with Crippen LogP contribution in [0.15, 0.2) is 18.2 Å². The molecule has 3 heterocycles. The maximum Gasteiger partial charge on any atom is 0.262 e. The first-order chi connectivity index (χ1) is 13.8. The van der Waals surface area contributed by atoms with E-state index in [2.05, 4.69) is 16.3 Å². The minimum absolute atomic E-state index is 0.0871. The van der Waals surface area contributed by atoms with E-state index in [1.54, 1.807) is 18.2 Å². The van der Waals surface area contributed by atoms with Crippen LogP contribution in [0.4, 0.5) is 0 Å². The first-order valence-electron chi connectivity index (χ1n) is 9.58. The van der Waals surface area contributed by atoms with Gasteiger partial charge >= 0.3 is 0 Å². The number of hydrogen-bond acceptors (Lipinski definition) is 7. The van der Waals surface area contributed by atoms with E-state index in [4.69, 9.17) is 5.73 Å². The smallest absolute Gasteiger partial charge is 0.262 e. The molecule has 9 nitrogen and oxygen atoms in total. The molecule has 2 atom stereocenters. The Morgan fingerprint density at radius 2 is 1.97 bits per heavy atom. The molecule has 4 rings (SSSR count). The first-order valence-corrected chi connectivity index (χ1v) is 9.58. The van der Waals surface area contributed by atoms with E-state index < -0.39 is 35.2 Å². The van der Waals surface area contributed by atoms with Gasteiger partial charge in [-0.05, 0) is 43.5 Å². The van der Waals surface area contributed by atoms with Gasteiger partial charge in [0.25, 0.3) is 11.8 Å². The minimum Gasteiger partial charge on any atom is -0.312 e. The van der Waals surface area contributed by atoms with Gasteiger partial charge in [-0.2, -0.15) is 5.26 Å². The van der Waals surface area contributed by atoms with Crippen LogP contribution in [0.1, 0.15) is 52.0 Å². The van der Waals surface area contributed by atoms with Gasteiger partial charge in [0.2, 0.25) is 11.8 Å². The summed E-state index contributed by atoms with van der Waals surface area (Å²) >= 11 is 0. The van der Waals surface area contributed by atoms with Crippen molar-refractivity contribution in [3.8, 4) is 6.07 Å². The van der Waals surface area contributed by atoms with Crippen LogP contribution in [-0.2, 0) is 16.1 Å². The van der Waals surface area contributed by atoms with E-state index in [9.17, 15) is 24.4 Å². The monoisotopic (exact) mass is 395 g/mol. The van der Waals surface area contributed by atoms with Crippen LogP contribution in [0.2, 0.25) is 0 Å². The lowest BCUT2D eigenvalue weighted by Crippen LogP contribution is -2.54. The van der Waals surface area contributed by atoms with Gasteiger partial charge in [0.1, 0.15) is 11.6 Å². The Morgan fingerprint density at radius 1 is 1.21 bits per heavy atom. The molecule has 3 aliphatic rings. The number of carbonyl (C=O) groups is 4. The number of nitriles is 1. The number of nitrogens with two attached hydrogens (primary N) is 1. The predicted octanol–water partition coefficient (Wildman–Crippen LogP) is -0.0953. The Labute approximate surface area is 167 Å². The van der Waals surface area contributed by atoms with Crippen LogP contribution in [0.5, 0.6) is 0 Å². The van der Waals surface area contributed by atoms with Crippen molar-refractivity contribution < 1.29 is 19.2 Å². The molecule has 150 valence electrons. The molecule has 0 radical (unpaired) electrons. The van der Waals surface area contributed by atoms with Crippen molar-refractivity contribution in [3.05, 3.63) is 34.9 Å². The summed E-state index contributed by atoms with van der Waals surface area (Å²) in [6.45, 7) is 1.75. The summed E-state index contributed by atoms with van der Waals surface area (Å²) in [7, 11) is 0. The van der Waals surface area contributed by atoms with E-state index in [-0.39, 0.29) is 24.0 Å². The molecule has 0 bridgehead atoms. The summed E-state index contributed by atoms with van der Waals surface area (Å²) in [5, 5.41) is 11.5. The molecule has 2 fully saturated rings. The summed E-state index contributed by atoms with van der Waals surface area (Å²) in [5.74, 6) is -2.07. The highest BCUT2D eigenvalue weighted by Crippen LogP contribution is 2.29. The normalized spacial score (nSPS) is 27.6. The fraction of sp³-hybridized carbons (Fsp3) is 0.450. The number of rotatable bonds is 3. The molecular weight excluding hydrogens is 374 g/mol. The third-order valence-electron chi connectivity index (χ3n) is 5.74. The van der Waals surface area contributed by atoms with Crippen molar-refractivity contribution in [1.82, 2.24) is 15.1 Å². The van der Waals surface area contributed by atoms with Gasteiger partial charge < -0.3 is 5.73 Å². The molecule has 2 unspecified atom stereocenters.